The second-order valence-electron chi connectivity index (χ2n) is 2.79. The zero-order valence-electron chi connectivity index (χ0n) is 10.5. The average Bonchev–Trinajstić information content (AvgIpc) is 2.30. The molecule has 0 radical (unpaired) electrons. The predicted molar refractivity (Wildman–Crippen MR) is 73.2 cm³/mol. The van der Waals surface area contributed by atoms with Gasteiger partial charge in [0.2, 0.25) is 0 Å². The molecule has 0 saturated carbocycles. The van der Waals surface area contributed by atoms with E-state index in [2.05, 4.69) is 0 Å². The number of nitrogens with two attached hydrogens (primary N) is 6. The maximum Gasteiger partial charge on any atom is 0.00461 e. The predicted octanol–water partition coefficient (Wildman–Crippen LogP) is -1.96. The molecule has 15 N–H and O–H groups in total. The third-order valence-electron chi connectivity index (χ3n) is 1.24. The summed E-state index contributed by atoms with van der Waals surface area (Å²) >= 11 is 0. The maximum atomic E-state index is 5.23. The lowest BCUT2D eigenvalue weighted by Crippen LogP contribution is -2.11. The van der Waals surface area contributed by atoms with E-state index in [4.69, 9.17) is 34.4 Å². The highest BCUT2D eigenvalue weighted by Gasteiger charge is 1.80. The highest BCUT2D eigenvalue weighted by atomic mass is 14.6. The zero-order chi connectivity index (χ0) is 12.4. The smallest absolute Gasteiger partial charge is 0.00461 e. The lowest BCUT2D eigenvalue weighted by molar-refractivity contribution is 0.695. The maximum absolute atomic E-state index is 5.23. The summed E-state index contributed by atoms with van der Waals surface area (Å²) in [7, 11) is 0. The average molecular weight is 239 g/mol. The Morgan fingerprint density at radius 2 is 0.625 bits per heavy atom. The fourth-order valence-corrected chi connectivity index (χ4v) is 0.465. The van der Waals surface area contributed by atoms with Gasteiger partial charge < -0.3 is 40.6 Å². The molecule has 0 aromatic heterocycles. The lowest BCUT2D eigenvalue weighted by atomic mass is 10.2. The second-order valence-corrected chi connectivity index (χ2v) is 2.79. The van der Waals surface area contributed by atoms with Crippen LogP contribution in [0.5, 0.6) is 0 Å². The van der Waals surface area contributed by atoms with E-state index in [0.717, 1.165) is 25.9 Å². The van der Waals surface area contributed by atoms with Crippen LogP contribution in [0.25, 0.3) is 0 Å². The SMILES string of the molecule is N.NCCCCCN.NCCN.NCCN. The van der Waals surface area contributed by atoms with Crippen LogP contribution in [0.4, 0.5) is 0 Å². The first-order valence-corrected chi connectivity index (χ1v) is 5.45. The molecule has 7 nitrogen and oxygen atoms in total. The molecule has 0 aromatic carbocycles. The van der Waals surface area contributed by atoms with Crippen molar-refractivity contribution >= 4 is 0 Å². The van der Waals surface area contributed by atoms with Crippen LogP contribution >= 0.6 is 0 Å². The Kier molecular flexibility index (Phi) is 56.5. The highest BCUT2D eigenvalue weighted by Crippen LogP contribution is 1.88. The molecule has 104 valence electrons. The monoisotopic (exact) mass is 239 g/mol. The summed E-state index contributed by atoms with van der Waals surface area (Å²) in [6.45, 7) is 4.00. The van der Waals surface area contributed by atoms with Gasteiger partial charge in [-0.2, -0.15) is 0 Å². The van der Waals surface area contributed by atoms with Crippen molar-refractivity contribution in [1.82, 2.24) is 6.15 Å². The third-order valence-corrected chi connectivity index (χ3v) is 1.24. The fraction of sp³-hybridized carbons (Fsp3) is 1.00. The Balaban J connectivity index is -0.0000000700. The molecule has 0 aliphatic heterocycles. The minimum Gasteiger partial charge on any atom is -0.344 e. The summed E-state index contributed by atoms with van der Waals surface area (Å²) in [5.41, 5.74) is 30.1. The summed E-state index contributed by atoms with van der Waals surface area (Å²) in [6.07, 6.45) is 3.43. The summed E-state index contributed by atoms with van der Waals surface area (Å²) in [5.74, 6) is 0. The summed E-state index contributed by atoms with van der Waals surface area (Å²) in [4.78, 5) is 0. The number of rotatable bonds is 6. The first-order chi connectivity index (χ1) is 7.24. The molecule has 0 saturated heterocycles. The van der Waals surface area contributed by atoms with Crippen LogP contribution in [0.2, 0.25) is 0 Å². The second kappa shape index (κ2) is 36.4. The van der Waals surface area contributed by atoms with Crippen molar-refractivity contribution in [3.8, 4) is 0 Å². The Hall–Kier alpha value is -0.280. The molecule has 7 heteroatoms. The van der Waals surface area contributed by atoms with Gasteiger partial charge in [-0.15, -0.1) is 0 Å². The van der Waals surface area contributed by atoms with E-state index in [0.29, 0.717) is 26.2 Å². The molecule has 0 aliphatic rings. The van der Waals surface area contributed by atoms with Crippen LogP contribution < -0.4 is 40.6 Å². The zero-order valence-corrected chi connectivity index (χ0v) is 10.5. The molecule has 16 heavy (non-hydrogen) atoms. The van der Waals surface area contributed by atoms with E-state index in [1.807, 2.05) is 0 Å². The van der Waals surface area contributed by atoms with E-state index in [1.165, 1.54) is 6.42 Å². The summed E-state index contributed by atoms with van der Waals surface area (Å²) in [6, 6.07) is 0. The first-order valence-electron chi connectivity index (χ1n) is 5.45. The van der Waals surface area contributed by atoms with Crippen molar-refractivity contribution in [1.29, 1.82) is 0 Å². The summed E-state index contributed by atoms with van der Waals surface area (Å²) in [5, 5.41) is 0. The molecule has 0 aromatic rings. The third kappa shape index (κ3) is 67.8. The Morgan fingerprint density at radius 1 is 0.375 bits per heavy atom. The molecule has 0 bridgehead atoms. The van der Waals surface area contributed by atoms with Crippen molar-refractivity contribution in [2.75, 3.05) is 39.3 Å². The van der Waals surface area contributed by atoms with E-state index >= 15 is 0 Å². The van der Waals surface area contributed by atoms with Gasteiger partial charge in [-0.25, -0.2) is 0 Å². The summed E-state index contributed by atoms with van der Waals surface area (Å²) < 4.78 is 0. The van der Waals surface area contributed by atoms with E-state index < -0.39 is 0 Å². The van der Waals surface area contributed by atoms with E-state index in [-0.39, 0.29) is 6.15 Å². The van der Waals surface area contributed by atoms with Crippen LogP contribution in [0.15, 0.2) is 0 Å². The van der Waals surface area contributed by atoms with Crippen molar-refractivity contribution < 1.29 is 0 Å². The fourth-order valence-electron chi connectivity index (χ4n) is 0.465. The standard InChI is InChI=1S/C5H14N2.2C2H8N2.H3N/c6-4-2-1-3-5-7;2*3-1-2-4;/h1-7H2;2*1-4H2;1H3. The van der Waals surface area contributed by atoms with Gasteiger partial charge in [0, 0.05) is 26.2 Å². The van der Waals surface area contributed by atoms with Crippen LogP contribution in [0.1, 0.15) is 19.3 Å². The van der Waals surface area contributed by atoms with Crippen LogP contribution in [0, 0.1) is 0 Å². The minimum absolute atomic E-state index is 0. The topological polar surface area (TPSA) is 191 Å². The van der Waals surface area contributed by atoms with Crippen molar-refractivity contribution in [3.63, 3.8) is 0 Å². The van der Waals surface area contributed by atoms with Crippen LogP contribution in [-0.2, 0) is 0 Å². The van der Waals surface area contributed by atoms with Gasteiger partial charge in [0.15, 0.2) is 0 Å². The molecule has 0 heterocycles. The van der Waals surface area contributed by atoms with Crippen molar-refractivity contribution in [3.05, 3.63) is 0 Å². The first kappa shape index (κ1) is 24.8. The van der Waals surface area contributed by atoms with Crippen LogP contribution in [0.3, 0.4) is 0 Å². The van der Waals surface area contributed by atoms with E-state index in [1.54, 1.807) is 0 Å². The molecule has 0 spiro atoms. The van der Waals surface area contributed by atoms with Gasteiger partial charge in [-0.3, -0.25) is 0 Å². The quantitative estimate of drug-likeness (QED) is 0.262. The van der Waals surface area contributed by atoms with Gasteiger partial charge in [-0.1, -0.05) is 6.42 Å². The van der Waals surface area contributed by atoms with E-state index in [9.17, 15) is 0 Å². The molecule has 0 rings (SSSR count). The van der Waals surface area contributed by atoms with Crippen LogP contribution in [-0.4, -0.2) is 39.3 Å². The van der Waals surface area contributed by atoms with Gasteiger partial charge in [0.25, 0.3) is 0 Å². The Bertz CT molecular complexity index is 60.9. The molecule has 0 amide bonds. The van der Waals surface area contributed by atoms with Gasteiger partial charge in [-0.05, 0) is 25.9 Å². The molecule has 0 atom stereocenters. The van der Waals surface area contributed by atoms with Crippen molar-refractivity contribution in [2.45, 2.75) is 19.3 Å². The molecule has 0 aliphatic carbocycles. The normalized spacial score (nSPS) is 7.88. The Labute approximate surface area is 99.8 Å². The lowest BCUT2D eigenvalue weighted by Gasteiger charge is -1.91. The Morgan fingerprint density at radius 3 is 0.750 bits per heavy atom. The number of hydrogen-bond donors (Lipinski definition) is 7. The highest BCUT2D eigenvalue weighted by molar-refractivity contribution is 4.41. The molecule has 0 fully saturated rings. The molecular formula is C9H33N7. The van der Waals surface area contributed by atoms with Gasteiger partial charge in [0.1, 0.15) is 0 Å². The molecule has 0 unspecified atom stereocenters. The number of unbranched alkanes of at least 4 members (excludes halogenated alkanes) is 2. The van der Waals surface area contributed by atoms with Crippen molar-refractivity contribution in [2.24, 2.45) is 34.4 Å². The van der Waals surface area contributed by atoms with Gasteiger partial charge in [0.05, 0.1) is 0 Å². The number of hydrogen-bond acceptors (Lipinski definition) is 7. The molecular weight excluding hydrogens is 206 g/mol. The van der Waals surface area contributed by atoms with Gasteiger partial charge >= 0.3 is 0 Å². The largest absolute Gasteiger partial charge is 0.344 e. The minimum atomic E-state index is 0.